The minimum Gasteiger partial charge on any atom is -0.467 e. The maximum atomic E-state index is 13.4. The molecular formula is C27H27F6N3O4. The van der Waals surface area contributed by atoms with Crippen LogP contribution in [0.3, 0.4) is 0 Å². The average Bonchev–Trinajstić information content (AvgIpc) is 3.37. The Morgan fingerprint density at radius 2 is 1.57 bits per heavy atom. The highest BCUT2D eigenvalue weighted by atomic mass is 19.4. The second kappa shape index (κ2) is 10.8. The van der Waals surface area contributed by atoms with Crippen LogP contribution in [0.5, 0.6) is 0 Å². The van der Waals surface area contributed by atoms with Gasteiger partial charge in [0.15, 0.2) is 0 Å². The molecule has 1 fully saturated rings. The molecule has 40 heavy (non-hydrogen) atoms. The Labute approximate surface area is 225 Å². The highest BCUT2D eigenvalue weighted by Gasteiger charge is 2.51. The molecule has 216 valence electrons. The molecule has 1 aliphatic rings. The first-order valence-electron chi connectivity index (χ1n) is 12.4. The van der Waals surface area contributed by atoms with Crippen molar-refractivity contribution in [2.45, 2.75) is 62.0 Å². The number of nitrogens with zero attached hydrogens (tertiary/aromatic N) is 2. The van der Waals surface area contributed by atoms with Gasteiger partial charge in [-0.3, -0.25) is 4.57 Å². The second-order valence-corrected chi connectivity index (χ2v) is 9.99. The van der Waals surface area contributed by atoms with E-state index in [-0.39, 0.29) is 31.1 Å². The number of halogens is 6. The summed E-state index contributed by atoms with van der Waals surface area (Å²) < 4.78 is 92.6. The van der Waals surface area contributed by atoms with Crippen LogP contribution in [0.1, 0.15) is 61.0 Å². The lowest BCUT2D eigenvalue weighted by Crippen LogP contribution is -2.53. The van der Waals surface area contributed by atoms with Crippen LogP contribution in [0, 0.1) is 0 Å². The number of alkyl halides is 6. The number of esters is 1. The van der Waals surface area contributed by atoms with Crippen molar-refractivity contribution in [2.24, 2.45) is 0 Å². The summed E-state index contributed by atoms with van der Waals surface area (Å²) in [5, 5.41) is 6.00. The molecule has 0 saturated heterocycles. The maximum Gasteiger partial charge on any atom is 0.416 e. The number of benzene rings is 2. The third-order valence-electron chi connectivity index (χ3n) is 7.69. The minimum atomic E-state index is -4.98. The smallest absolute Gasteiger partial charge is 0.416 e. The lowest BCUT2D eigenvalue weighted by molar-refractivity contribution is -0.155. The Kier molecular flexibility index (Phi) is 7.90. The molecule has 0 unspecified atom stereocenters. The number of rotatable bonds is 7. The van der Waals surface area contributed by atoms with Crippen molar-refractivity contribution >= 4 is 5.97 Å². The van der Waals surface area contributed by atoms with Crippen LogP contribution in [0.2, 0.25) is 0 Å². The molecule has 1 heterocycles. The van der Waals surface area contributed by atoms with Crippen molar-refractivity contribution < 1.29 is 40.6 Å². The first-order valence-corrected chi connectivity index (χ1v) is 12.4. The first-order chi connectivity index (χ1) is 18.7. The predicted molar refractivity (Wildman–Crippen MR) is 130 cm³/mol. The van der Waals surface area contributed by atoms with E-state index in [1.54, 1.807) is 18.2 Å². The Hall–Kier alpha value is -3.61. The molecule has 1 N–H and O–H groups in total. The van der Waals surface area contributed by atoms with Gasteiger partial charge < -0.3 is 9.47 Å². The van der Waals surface area contributed by atoms with Gasteiger partial charge in [-0.05, 0) is 61.9 Å². The molecule has 1 aliphatic carbocycles. The molecule has 2 aromatic carbocycles. The van der Waals surface area contributed by atoms with Gasteiger partial charge >= 0.3 is 24.0 Å². The summed E-state index contributed by atoms with van der Waals surface area (Å²) in [5.41, 5.74) is -4.98. The third kappa shape index (κ3) is 5.65. The van der Waals surface area contributed by atoms with Gasteiger partial charge in [-0.25, -0.2) is 14.7 Å². The molecule has 0 aliphatic heterocycles. The van der Waals surface area contributed by atoms with Crippen molar-refractivity contribution in [1.29, 1.82) is 0 Å². The van der Waals surface area contributed by atoms with E-state index in [0.29, 0.717) is 25.0 Å². The number of aromatic amines is 1. The number of H-pyrrole nitrogens is 1. The lowest BCUT2D eigenvalue weighted by atomic mass is 9.64. The largest absolute Gasteiger partial charge is 0.467 e. The van der Waals surface area contributed by atoms with Gasteiger partial charge in [-0.2, -0.15) is 31.4 Å². The second-order valence-electron chi connectivity index (χ2n) is 9.99. The molecule has 0 radical (unpaired) electrons. The van der Waals surface area contributed by atoms with Crippen molar-refractivity contribution in [1.82, 2.24) is 14.8 Å². The van der Waals surface area contributed by atoms with E-state index < -0.39 is 52.2 Å². The zero-order valence-electron chi connectivity index (χ0n) is 21.6. The summed E-state index contributed by atoms with van der Waals surface area (Å²) in [5.74, 6) is -0.629. The fraction of sp³-hybridized carbons (Fsp3) is 0.444. The Bertz CT molecular complexity index is 1360. The quantitative estimate of drug-likeness (QED) is 0.288. The number of hydrogen-bond donors (Lipinski definition) is 1. The number of hydrogen-bond acceptors (Lipinski definition) is 5. The molecule has 1 atom stereocenters. The van der Waals surface area contributed by atoms with Crippen LogP contribution >= 0.6 is 0 Å². The van der Waals surface area contributed by atoms with Crippen molar-refractivity contribution in [3.63, 3.8) is 0 Å². The highest BCUT2D eigenvalue weighted by Crippen LogP contribution is 2.47. The number of nitrogens with one attached hydrogen (secondary N) is 1. The average molecular weight is 572 g/mol. The maximum absolute atomic E-state index is 13.4. The summed E-state index contributed by atoms with van der Waals surface area (Å²) in [6.07, 6.45) is -8.97. The van der Waals surface area contributed by atoms with Gasteiger partial charge in [-0.1, -0.05) is 30.3 Å². The number of aromatic nitrogens is 3. The monoisotopic (exact) mass is 571 g/mol. The van der Waals surface area contributed by atoms with E-state index in [1.807, 2.05) is 12.1 Å². The van der Waals surface area contributed by atoms with E-state index in [9.17, 15) is 35.9 Å². The number of carbonyl (C=O) groups excluding carboxylic acids is 1. The van der Waals surface area contributed by atoms with Crippen LogP contribution < -0.4 is 5.69 Å². The minimum absolute atomic E-state index is 0.0622. The van der Waals surface area contributed by atoms with Crippen LogP contribution in [0.25, 0.3) is 0 Å². The number of ether oxygens (including phenoxy) is 2. The van der Waals surface area contributed by atoms with Gasteiger partial charge in [0, 0.05) is 5.41 Å². The molecule has 3 aromatic rings. The van der Waals surface area contributed by atoms with Gasteiger partial charge in [0.2, 0.25) is 0 Å². The topological polar surface area (TPSA) is 86.2 Å². The zero-order valence-corrected chi connectivity index (χ0v) is 21.6. The highest BCUT2D eigenvalue weighted by molar-refractivity contribution is 5.79. The Morgan fingerprint density at radius 3 is 2.05 bits per heavy atom. The van der Waals surface area contributed by atoms with Crippen molar-refractivity contribution in [3.8, 4) is 0 Å². The van der Waals surface area contributed by atoms with E-state index in [1.165, 1.54) is 24.9 Å². The van der Waals surface area contributed by atoms with Gasteiger partial charge in [0.25, 0.3) is 0 Å². The standard InChI is InChI=1S/C27H27F6N3O4/c1-17(18-12-20(26(28,29)30)14-21(13-18)27(31,32)33)40-15-24(19-6-4-3-5-7-19)8-10-25(11-9-24,22(37)39-2)36-16-34-35-23(36)38/h3-7,12-14,16-17H,8-11,15H2,1-2H3,(H,35,38)/t17-,24-,25+/m1/s1. The van der Waals surface area contributed by atoms with Crippen LogP contribution in [-0.4, -0.2) is 34.5 Å². The summed E-state index contributed by atoms with van der Waals surface area (Å²) in [7, 11) is 1.21. The molecule has 0 spiro atoms. The number of carbonyl (C=O) groups is 1. The molecule has 1 saturated carbocycles. The van der Waals surface area contributed by atoms with Gasteiger partial charge in [0.1, 0.15) is 11.9 Å². The molecule has 7 nitrogen and oxygen atoms in total. The molecule has 4 rings (SSSR count). The van der Waals surface area contributed by atoms with Gasteiger partial charge in [0.05, 0.1) is 30.9 Å². The van der Waals surface area contributed by atoms with E-state index >= 15 is 0 Å². The van der Waals surface area contributed by atoms with Crippen molar-refractivity contribution in [3.05, 3.63) is 87.6 Å². The molecule has 0 bridgehead atoms. The summed E-state index contributed by atoms with van der Waals surface area (Å²) in [6, 6.07) is 10.5. The molecular weight excluding hydrogens is 544 g/mol. The Morgan fingerprint density at radius 1 is 1.00 bits per heavy atom. The molecule has 13 heteroatoms. The van der Waals surface area contributed by atoms with Crippen LogP contribution in [-0.2, 0) is 37.6 Å². The van der Waals surface area contributed by atoms with Crippen molar-refractivity contribution in [2.75, 3.05) is 13.7 Å². The summed E-state index contributed by atoms with van der Waals surface area (Å²) in [4.78, 5) is 25.3. The van der Waals surface area contributed by atoms with Gasteiger partial charge in [-0.15, -0.1) is 0 Å². The third-order valence-corrected chi connectivity index (χ3v) is 7.69. The number of methoxy groups -OCH3 is 1. The van der Waals surface area contributed by atoms with Crippen LogP contribution in [0.15, 0.2) is 59.7 Å². The summed E-state index contributed by atoms with van der Waals surface area (Å²) >= 11 is 0. The first kappa shape index (κ1) is 29.4. The SMILES string of the molecule is COC(=O)[C@]1(n2cn[nH]c2=O)CC[C@@](CO[C@H](C)c2cc(C(F)(F)F)cc(C(F)(F)F)c2)(c2ccccc2)CC1. The predicted octanol–water partition coefficient (Wildman–Crippen LogP) is 5.77. The normalized spacial score (nSPS) is 22.6. The fourth-order valence-electron chi connectivity index (χ4n) is 5.33. The van der Waals surface area contributed by atoms with E-state index in [4.69, 9.17) is 9.47 Å². The molecule has 1 aromatic heterocycles. The summed E-state index contributed by atoms with van der Waals surface area (Å²) in [6.45, 7) is 1.33. The van der Waals surface area contributed by atoms with E-state index in [2.05, 4.69) is 10.2 Å². The van der Waals surface area contributed by atoms with E-state index in [0.717, 1.165) is 5.56 Å². The molecule has 0 amide bonds. The fourth-order valence-corrected chi connectivity index (χ4v) is 5.33. The zero-order chi connectivity index (χ0) is 29.3. The lowest BCUT2D eigenvalue weighted by Gasteiger charge is -2.45. The van der Waals surface area contributed by atoms with Crippen LogP contribution in [0.4, 0.5) is 26.3 Å². The Balaban J connectivity index is 1.65.